The molecule has 0 atom stereocenters. The van der Waals surface area contributed by atoms with Crippen LogP contribution in [0.3, 0.4) is 0 Å². The van der Waals surface area contributed by atoms with Gasteiger partial charge in [0.1, 0.15) is 0 Å². The van der Waals surface area contributed by atoms with Gasteiger partial charge in [-0.2, -0.15) is 0 Å². The van der Waals surface area contributed by atoms with E-state index in [2.05, 4.69) is 13.2 Å². The fourth-order valence-corrected chi connectivity index (χ4v) is 0.468. The molecule has 0 N–H and O–H groups in total. The molecular weight excluding hydrogens is 95.0 g/mol. The van der Waals surface area contributed by atoms with Gasteiger partial charge >= 0.3 is 0 Å². The van der Waals surface area contributed by atoms with Crippen molar-refractivity contribution in [1.29, 1.82) is 0 Å². The predicted molar refractivity (Wildman–Crippen MR) is 30.3 cm³/mol. The number of rotatable bonds is 3. The second-order valence-electron chi connectivity index (χ2n) is 0.962. The van der Waals surface area contributed by atoms with Crippen molar-refractivity contribution in [2.24, 2.45) is 0 Å². The van der Waals surface area contributed by atoms with Gasteiger partial charge in [0.15, 0.2) is 0 Å². The summed E-state index contributed by atoms with van der Waals surface area (Å²) >= 11 is 0. The molecule has 0 bridgehead atoms. The second-order valence-corrected chi connectivity index (χ2v) is 1.48. The molecule has 0 aromatic rings. The van der Waals surface area contributed by atoms with E-state index in [1.54, 1.807) is 0 Å². The maximum absolute atomic E-state index is 4.84. The average Bonchev–Trinajstić information content (AvgIpc) is 1.61. The Kier molecular flexibility index (Phi) is 5.24. The molecule has 0 amide bonds. The lowest BCUT2D eigenvalue weighted by Crippen LogP contribution is -1.75. The van der Waals surface area contributed by atoms with Crippen molar-refractivity contribution in [2.75, 3.05) is 6.61 Å². The Hall–Kier alpha value is 0.130. The Morgan fingerprint density at radius 3 is 2.67 bits per heavy atom. The summed E-state index contributed by atoms with van der Waals surface area (Å²) in [4.78, 5) is 0. The quantitative estimate of drug-likeness (QED) is 0.391. The predicted octanol–water partition coefficient (Wildman–Crippen LogP) is 1.71. The molecule has 0 aliphatic rings. The van der Waals surface area contributed by atoms with Crippen LogP contribution < -0.4 is 0 Å². The minimum Gasteiger partial charge on any atom is -0.327 e. The molecule has 0 unspecified atom stereocenters. The zero-order valence-electron chi connectivity index (χ0n) is 3.98. The molecule has 0 saturated carbocycles. The Balaban J connectivity index is 2.49. The van der Waals surface area contributed by atoms with Crippen LogP contribution in [0.5, 0.6) is 0 Å². The largest absolute Gasteiger partial charge is 0.327 e. The second kappa shape index (κ2) is 5.13. The van der Waals surface area contributed by atoms with Crippen LogP contribution in [0.15, 0.2) is 0 Å². The molecule has 1 nitrogen and oxygen atoms in total. The van der Waals surface area contributed by atoms with Gasteiger partial charge in [0, 0.05) is 8.43 Å². The summed E-state index contributed by atoms with van der Waals surface area (Å²) in [6.45, 7) is 2.91. The molecule has 0 aliphatic heterocycles. The molecule has 0 radical (unpaired) electrons. The van der Waals surface area contributed by atoms with E-state index in [0.717, 1.165) is 21.5 Å². The fraction of sp³-hybridized carbons (Fsp3) is 0.750. The highest BCUT2D eigenvalue weighted by Crippen LogP contribution is 1.92. The van der Waals surface area contributed by atoms with Crippen LogP contribution in [-0.4, -0.2) is 12.9 Å². The maximum atomic E-state index is 4.84. The van der Waals surface area contributed by atoms with Gasteiger partial charge in [-0.05, 0) is 12.7 Å². The van der Waals surface area contributed by atoms with Crippen LogP contribution >= 0.6 is 8.43 Å². The van der Waals surface area contributed by atoms with Gasteiger partial charge in [-0.25, -0.2) is 0 Å². The Morgan fingerprint density at radius 2 is 2.50 bits per heavy atom. The van der Waals surface area contributed by atoms with E-state index in [4.69, 9.17) is 4.52 Å². The average molecular weight is 104 g/mol. The first-order valence-corrected chi connectivity index (χ1v) is 2.99. The smallest absolute Gasteiger partial charge is 0.0572 e. The van der Waals surface area contributed by atoms with Crippen LogP contribution in [0.1, 0.15) is 13.3 Å². The van der Waals surface area contributed by atoms with Crippen molar-refractivity contribution in [2.45, 2.75) is 13.3 Å². The van der Waals surface area contributed by atoms with Gasteiger partial charge in [0.05, 0.1) is 6.61 Å². The Morgan fingerprint density at radius 1 is 1.83 bits per heavy atom. The van der Waals surface area contributed by atoms with Crippen molar-refractivity contribution >= 4 is 14.7 Å². The number of hydrogen-bond donors (Lipinski definition) is 0. The van der Waals surface area contributed by atoms with Crippen LogP contribution in [0.4, 0.5) is 0 Å². The highest BCUT2D eigenvalue weighted by molar-refractivity contribution is 7.30. The summed E-state index contributed by atoms with van der Waals surface area (Å²) in [6, 6.07) is 0. The molecule has 0 aromatic carbocycles. The summed E-state index contributed by atoms with van der Waals surface area (Å²) in [5, 5.41) is 0. The van der Waals surface area contributed by atoms with Gasteiger partial charge in [-0.1, -0.05) is 6.92 Å². The lowest BCUT2D eigenvalue weighted by molar-refractivity contribution is 0.370. The minimum absolute atomic E-state index is 0.795. The highest BCUT2D eigenvalue weighted by atomic mass is 31.1. The first kappa shape index (κ1) is 6.13. The SMILES string of the molecule is C=POCCC. The molecule has 0 aromatic heterocycles. The summed E-state index contributed by atoms with van der Waals surface area (Å²) < 4.78 is 4.84. The van der Waals surface area contributed by atoms with E-state index in [1.807, 2.05) is 0 Å². The van der Waals surface area contributed by atoms with E-state index in [9.17, 15) is 0 Å². The van der Waals surface area contributed by atoms with E-state index in [0.29, 0.717) is 0 Å². The van der Waals surface area contributed by atoms with Gasteiger partial charge in [0.25, 0.3) is 0 Å². The molecule has 36 valence electrons. The topological polar surface area (TPSA) is 9.23 Å². The minimum atomic E-state index is 0.795. The van der Waals surface area contributed by atoms with Crippen molar-refractivity contribution < 1.29 is 4.52 Å². The molecule has 0 spiro atoms. The Labute approximate surface area is 40.2 Å². The van der Waals surface area contributed by atoms with E-state index < -0.39 is 0 Å². The zero-order chi connectivity index (χ0) is 4.83. The normalized spacial score (nSPS) is 9.50. The van der Waals surface area contributed by atoms with Crippen LogP contribution in [0.2, 0.25) is 0 Å². The van der Waals surface area contributed by atoms with Gasteiger partial charge in [-0.3, -0.25) is 0 Å². The molecule has 0 rings (SSSR count). The molecule has 0 heterocycles. The third-order valence-electron chi connectivity index (χ3n) is 0.387. The Bertz CT molecular complexity index is 36.5. The number of hydrogen-bond acceptors (Lipinski definition) is 1. The third-order valence-corrected chi connectivity index (χ3v) is 0.752. The van der Waals surface area contributed by atoms with Crippen molar-refractivity contribution in [1.82, 2.24) is 0 Å². The molecule has 0 saturated heterocycles. The molecule has 6 heavy (non-hydrogen) atoms. The van der Waals surface area contributed by atoms with Crippen LogP contribution in [0.25, 0.3) is 0 Å². The lowest BCUT2D eigenvalue weighted by Gasteiger charge is -1.85. The van der Waals surface area contributed by atoms with E-state index in [1.165, 1.54) is 0 Å². The lowest BCUT2D eigenvalue weighted by atomic mass is 10.5. The van der Waals surface area contributed by atoms with Gasteiger partial charge < -0.3 is 4.52 Å². The summed E-state index contributed by atoms with van der Waals surface area (Å²) in [5.41, 5.74) is 0. The monoisotopic (exact) mass is 104 g/mol. The van der Waals surface area contributed by atoms with E-state index in [-0.39, 0.29) is 0 Å². The van der Waals surface area contributed by atoms with Gasteiger partial charge in [-0.15, -0.1) is 0 Å². The molecular formula is C4H9OP. The summed E-state index contributed by atoms with van der Waals surface area (Å²) in [6.07, 6.45) is 4.56. The zero-order valence-corrected chi connectivity index (χ0v) is 4.87. The first-order chi connectivity index (χ1) is 2.91. The van der Waals surface area contributed by atoms with Gasteiger partial charge in [0.2, 0.25) is 0 Å². The maximum Gasteiger partial charge on any atom is 0.0572 e. The summed E-state index contributed by atoms with van der Waals surface area (Å²) in [7, 11) is 0.795. The molecule has 0 aliphatic carbocycles. The van der Waals surface area contributed by atoms with Crippen molar-refractivity contribution in [3.05, 3.63) is 0 Å². The van der Waals surface area contributed by atoms with Crippen LogP contribution in [0, 0.1) is 0 Å². The molecule has 2 heteroatoms. The van der Waals surface area contributed by atoms with Crippen LogP contribution in [-0.2, 0) is 4.52 Å². The molecule has 0 fully saturated rings. The first-order valence-electron chi connectivity index (χ1n) is 1.99. The third kappa shape index (κ3) is 4.13. The highest BCUT2D eigenvalue weighted by Gasteiger charge is 1.70. The standard InChI is InChI=1S/C4H9OP/c1-3-4-5-6-2/h2-4H2,1H3. The van der Waals surface area contributed by atoms with E-state index >= 15 is 0 Å². The van der Waals surface area contributed by atoms with Crippen molar-refractivity contribution in [3.63, 3.8) is 0 Å². The fourth-order valence-electron chi connectivity index (χ4n) is 0.156. The summed E-state index contributed by atoms with van der Waals surface area (Å²) in [5.74, 6) is 0. The van der Waals surface area contributed by atoms with Crippen molar-refractivity contribution in [3.8, 4) is 0 Å².